The Morgan fingerprint density at radius 3 is 2.72 bits per heavy atom. The summed E-state index contributed by atoms with van der Waals surface area (Å²) in [5.74, 6) is 2.15. The fourth-order valence-corrected chi connectivity index (χ4v) is 4.35. The summed E-state index contributed by atoms with van der Waals surface area (Å²) in [7, 11) is 4.97. The van der Waals surface area contributed by atoms with Crippen LogP contribution in [0.3, 0.4) is 0 Å². The Labute approximate surface area is 208 Å². The van der Waals surface area contributed by atoms with Gasteiger partial charge in [0.2, 0.25) is 0 Å². The first-order valence-electron chi connectivity index (χ1n) is 11.6. The molecule has 4 aromatic rings. The third kappa shape index (κ3) is 4.67. The number of rotatable bonds is 3. The molecule has 6 bridgehead atoms. The monoisotopic (exact) mass is 485 g/mol. The molecule has 1 amide bonds. The van der Waals surface area contributed by atoms with Gasteiger partial charge in [0.05, 0.1) is 24.0 Å². The quantitative estimate of drug-likeness (QED) is 0.400. The molecule has 36 heavy (non-hydrogen) atoms. The molecular formula is C25H27N9O2. The second-order valence-electron chi connectivity index (χ2n) is 8.81. The van der Waals surface area contributed by atoms with Crippen molar-refractivity contribution < 1.29 is 9.53 Å². The van der Waals surface area contributed by atoms with Crippen LogP contribution in [0.1, 0.15) is 28.7 Å². The summed E-state index contributed by atoms with van der Waals surface area (Å²) in [5, 5.41) is 22.1. The predicted molar refractivity (Wildman–Crippen MR) is 136 cm³/mol. The molecule has 1 atom stereocenters. The molecule has 1 unspecified atom stereocenters. The maximum atomic E-state index is 12.6. The molecule has 0 aliphatic carbocycles. The molecule has 4 heterocycles. The summed E-state index contributed by atoms with van der Waals surface area (Å²) in [5.41, 5.74) is 4.07. The van der Waals surface area contributed by atoms with E-state index >= 15 is 0 Å². The smallest absolute Gasteiger partial charge is 0.273 e. The number of methoxy groups -OCH3 is 1. The standard InChI is InChI=1S/C25H27N9O2/c1-14-8-15-10-17(24-27-13-34(3)33-24)23(36-4)19(11-15)29-18-12-21(31-32-22(18)25(35)26-2)30-20-7-5-6-16(9-14)28-20/h5-7,10-14,29H,8-9H2,1-4H3,(H,26,35)(H,28,30,31). The summed E-state index contributed by atoms with van der Waals surface area (Å²) < 4.78 is 7.48. The van der Waals surface area contributed by atoms with Crippen LogP contribution in [0.5, 0.6) is 5.75 Å². The second kappa shape index (κ2) is 9.61. The third-order valence-electron chi connectivity index (χ3n) is 5.90. The number of aryl methyl sites for hydroxylation is 1. The highest BCUT2D eigenvalue weighted by Gasteiger charge is 2.21. The number of carbonyl (C=O) groups is 1. The van der Waals surface area contributed by atoms with Crippen molar-refractivity contribution in [3.05, 3.63) is 59.7 Å². The molecule has 11 heteroatoms. The summed E-state index contributed by atoms with van der Waals surface area (Å²) in [6.07, 6.45) is 3.24. The number of anilines is 4. The molecule has 1 aliphatic rings. The van der Waals surface area contributed by atoms with Gasteiger partial charge in [0.1, 0.15) is 12.1 Å². The maximum Gasteiger partial charge on any atom is 0.273 e. The van der Waals surface area contributed by atoms with Crippen molar-refractivity contribution in [1.82, 2.24) is 35.3 Å². The van der Waals surface area contributed by atoms with Gasteiger partial charge in [-0.05, 0) is 48.6 Å². The molecule has 0 saturated heterocycles. The first-order chi connectivity index (χ1) is 17.4. The zero-order chi connectivity index (χ0) is 25.2. The topological polar surface area (TPSA) is 132 Å². The number of amides is 1. The zero-order valence-electron chi connectivity index (χ0n) is 20.5. The lowest BCUT2D eigenvalue weighted by atomic mass is 9.94. The van der Waals surface area contributed by atoms with Crippen molar-refractivity contribution in [2.24, 2.45) is 13.0 Å². The van der Waals surface area contributed by atoms with Crippen LogP contribution in [0.2, 0.25) is 0 Å². The van der Waals surface area contributed by atoms with Crippen molar-refractivity contribution in [2.75, 3.05) is 24.8 Å². The fourth-order valence-electron chi connectivity index (χ4n) is 4.35. The number of aromatic nitrogens is 6. The zero-order valence-corrected chi connectivity index (χ0v) is 20.5. The highest BCUT2D eigenvalue weighted by atomic mass is 16.5. The van der Waals surface area contributed by atoms with E-state index in [2.05, 4.69) is 49.2 Å². The summed E-state index contributed by atoms with van der Waals surface area (Å²) in [6, 6.07) is 11.7. The molecule has 1 aromatic carbocycles. The van der Waals surface area contributed by atoms with Crippen LogP contribution in [0, 0.1) is 5.92 Å². The average molecular weight is 486 g/mol. The molecule has 0 spiro atoms. The van der Waals surface area contributed by atoms with Crippen LogP contribution in [0.15, 0.2) is 42.7 Å². The predicted octanol–water partition coefficient (Wildman–Crippen LogP) is 3.26. The number of nitrogens with zero attached hydrogens (tertiary/aromatic N) is 6. The van der Waals surface area contributed by atoms with E-state index in [9.17, 15) is 4.79 Å². The lowest BCUT2D eigenvalue weighted by Gasteiger charge is -2.20. The van der Waals surface area contributed by atoms with Crippen LogP contribution in [-0.2, 0) is 19.9 Å². The highest BCUT2D eigenvalue weighted by molar-refractivity contribution is 5.99. The van der Waals surface area contributed by atoms with Crippen LogP contribution in [0.25, 0.3) is 11.4 Å². The molecule has 0 radical (unpaired) electrons. The molecule has 0 saturated carbocycles. The summed E-state index contributed by atoms with van der Waals surface area (Å²) in [6.45, 7) is 2.20. The van der Waals surface area contributed by atoms with E-state index in [1.165, 1.54) is 0 Å². The highest BCUT2D eigenvalue weighted by Crippen LogP contribution is 2.39. The molecule has 184 valence electrons. The van der Waals surface area contributed by atoms with Gasteiger partial charge in [-0.15, -0.1) is 10.2 Å². The van der Waals surface area contributed by atoms with Gasteiger partial charge in [0.25, 0.3) is 5.91 Å². The van der Waals surface area contributed by atoms with E-state index in [0.717, 1.165) is 29.7 Å². The Morgan fingerprint density at radius 1 is 1.11 bits per heavy atom. The van der Waals surface area contributed by atoms with Gasteiger partial charge < -0.3 is 20.7 Å². The van der Waals surface area contributed by atoms with Crippen LogP contribution in [0.4, 0.5) is 23.0 Å². The van der Waals surface area contributed by atoms with E-state index in [1.54, 1.807) is 31.2 Å². The van der Waals surface area contributed by atoms with Gasteiger partial charge in [-0.25, -0.2) is 9.97 Å². The van der Waals surface area contributed by atoms with Crippen LogP contribution in [-0.4, -0.2) is 50.0 Å². The van der Waals surface area contributed by atoms with Crippen molar-refractivity contribution >= 4 is 28.9 Å². The Morgan fingerprint density at radius 2 is 1.97 bits per heavy atom. The second-order valence-corrected chi connectivity index (χ2v) is 8.81. The van der Waals surface area contributed by atoms with Crippen molar-refractivity contribution in [1.29, 1.82) is 0 Å². The lowest BCUT2D eigenvalue weighted by Crippen LogP contribution is -2.21. The summed E-state index contributed by atoms with van der Waals surface area (Å²) >= 11 is 0. The van der Waals surface area contributed by atoms with E-state index < -0.39 is 0 Å². The van der Waals surface area contributed by atoms with E-state index in [4.69, 9.17) is 9.72 Å². The van der Waals surface area contributed by atoms with Gasteiger partial charge >= 0.3 is 0 Å². The molecule has 11 nitrogen and oxygen atoms in total. The molecule has 3 N–H and O–H groups in total. The average Bonchev–Trinajstić information content (AvgIpc) is 3.29. The SMILES string of the molecule is CNC(=O)c1nnc2cc1Nc1cc(cc(-c3ncn(C)n3)c1OC)CC(C)Cc1cccc(n1)N2. The van der Waals surface area contributed by atoms with Crippen molar-refractivity contribution in [2.45, 2.75) is 19.8 Å². The molecule has 1 aliphatic heterocycles. The Bertz CT molecular complexity index is 1430. The van der Waals surface area contributed by atoms with E-state index in [1.807, 2.05) is 31.3 Å². The Balaban J connectivity index is 1.71. The van der Waals surface area contributed by atoms with Gasteiger partial charge in [0.15, 0.2) is 23.1 Å². The van der Waals surface area contributed by atoms with Gasteiger partial charge in [-0.3, -0.25) is 9.48 Å². The third-order valence-corrected chi connectivity index (χ3v) is 5.90. The van der Waals surface area contributed by atoms with Crippen molar-refractivity contribution in [3.8, 4) is 17.1 Å². The van der Waals surface area contributed by atoms with Gasteiger partial charge in [-0.1, -0.05) is 13.0 Å². The summed E-state index contributed by atoms with van der Waals surface area (Å²) in [4.78, 5) is 21.8. The number of hydrogen-bond acceptors (Lipinski definition) is 9. The van der Waals surface area contributed by atoms with Gasteiger partial charge in [-0.2, -0.15) is 5.10 Å². The molecule has 3 aromatic heterocycles. The minimum atomic E-state index is -0.367. The normalized spacial score (nSPS) is 14.7. The largest absolute Gasteiger partial charge is 0.494 e. The number of ether oxygens (including phenoxy) is 1. The number of pyridine rings is 1. The van der Waals surface area contributed by atoms with Crippen molar-refractivity contribution in [3.63, 3.8) is 0 Å². The number of benzene rings is 1. The molecule has 0 fully saturated rings. The van der Waals surface area contributed by atoms with Crippen LogP contribution < -0.4 is 20.7 Å². The fraction of sp³-hybridized carbons (Fsp3) is 0.280. The lowest BCUT2D eigenvalue weighted by molar-refractivity contribution is 0.0958. The Hall–Kier alpha value is -4.54. The number of hydrogen-bond donors (Lipinski definition) is 3. The number of carbonyl (C=O) groups excluding carboxylic acids is 1. The minimum absolute atomic E-state index is 0.148. The first-order valence-corrected chi connectivity index (χ1v) is 11.6. The number of fused-ring (bicyclic) bond motifs is 6. The maximum absolute atomic E-state index is 12.6. The Kier molecular flexibility index (Phi) is 6.19. The number of nitrogens with one attached hydrogen (secondary N) is 3. The van der Waals surface area contributed by atoms with Gasteiger partial charge in [0, 0.05) is 25.9 Å². The molecular weight excluding hydrogens is 458 g/mol. The minimum Gasteiger partial charge on any atom is -0.494 e. The molecule has 5 rings (SSSR count). The first kappa shape index (κ1) is 23.2. The van der Waals surface area contributed by atoms with E-state index in [0.29, 0.717) is 40.5 Å². The van der Waals surface area contributed by atoms with E-state index in [-0.39, 0.29) is 11.6 Å². The van der Waals surface area contributed by atoms with Crippen LogP contribution >= 0.6 is 0 Å².